The van der Waals surface area contributed by atoms with Crippen molar-refractivity contribution in [3.8, 4) is 6.07 Å². The van der Waals surface area contributed by atoms with Gasteiger partial charge in [-0.15, -0.1) is 0 Å². The molecule has 2 aliphatic rings. The second kappa shape index (κ2) is 9.38. The standard InChI is InChI=1S/C22H24F3N5O2/c23-22(24,25)17-9-15(10-18(31)14-29-5-7-32-8-6-29)12-30(13-17)19-2-1-16(11-26)20-21(19)28-4-3-27-20/h1-4,15,17H,5-10,12-14H2. The molecule has 2 saturated heterocycles. The third-order valence-electron chi connectivity index (χ3n) is 6.09. The third-order valence-corrected chi connectivity index (χ3v) is 6.09. The number of fused-ring (bicyclic) bond motifs is 1. The van der Waals surface area contributed by atoms with Crippen LogP contribution in [0.25, 0.3) is 11.0 Å². The number of halogens is 3. The van der Waals surface area contributed by atoms with Crippen molar-refractivity contribution < 1.29 is 22.7 Å². The van der Waals surface area contributed by atoms with Crippen LogP contribution in [0.1, 0.15) is 18.4 Å². The molecule has 4 rings (SSSR count). The van der Waals surface area contributed by atoms with E-state index in [-0.39, 0.29) is 31.7 Å². The van der Waals surface area contributed by atoms with Gasteiger partial charge in [0.05, 0.1) is 36.9 Å². The Morgan fingerprint density at radius 3 is 2.56 bits per heavy atom. The number of nitriles is 1. The van der Waals surface area contributed by atoms with E-state index >= 15 is 0 Å². The first-order valence-corrected chi connectivity index (χ1v) is 10.6. The van der Waals surface area contributed by atoms with Crippen LogP contribution in [0.15, 0.2) is 24.5 Å². The molecular formula is C22H24F3N5O2. The molecule has 2 atom stereocenters. The van der Waals surface area contributed by atoms with E-state index in [0.29, 0.717) is 55.1 Å². The first kappa shape index (κ1) is 22.4. The molecule has 2 aromatic rings. The second-order valence-electron chi connectivity index (χ2n) is 8.37. The second-order valence-corrected chi connectivity index (χ2v) is 8.37. The van der Waals surface area contributed by atoms with Gasteiger partial charge < -0.3 is 9.64 Å². The predicted octanol–water partition coefficient (Wildman–Crippen LogP) is 2.80. The number of carbonyl (C=O) groups excluding carboxylic acids is 1. The molecule has 0 spiro atoms. The summed E-state index contributed by atoms with van der Waals surface area (Å²) >= 11 is 0. The molecule has 1 aromatic heterocycles. The van der Waals surface area contributed by atoms with Gasteiger partial charge in [-0.25, -0.2) is 0 Å². The summed E-state index contributed by atoms with van der Waals surface area (Å²) in [5, 5.41) is 9.33. The zero-order chi connectivity index (χ0) is 22.7. The summed E-state index contributed by atoms with van der Waals surface area (Å²) in [7, 11) is 0. The minimum atomic E-state index is -4.36. The molecule has 32 heavy (non-hydrogen) atoms. The predicted molar refractivity (Wildman–Crippen MR) is 111 cm³/mol. The highest BCUT2D eigenvalue weighted by Gasteiger charge is 2.45. The zero-order valence-corrected chi connectivity index (χ0v) is 17.5. The topological polar surface area (TPSA) is 82.4 Å². The molecular weight excluding hydrogens is 423 g/mol. The molecule has 2 unspecified atom stereocenters. The molecule has 10 heteroatoms. The van der Waals surface area contributed by atoms with Crippen LogP contribution < -0.4 is 4.90 Å². The van der Waals surface area contributed by atoms with Gasteiger partial charge in [-0.2, -0.15) is 18.4 Å². The van der Waals surface area contributed by atoms with Crippen molar-refractivity contribution in [2.24, 2.45) is 11.8 Å². The largest absolute Gasteiger partial charge is 0.393 e. The molecule has 7 nitrogen and oxygen atoms in total. The summed E-state index contributed by atoms with van der Waals surface area (Å²) in [6.07, 6.45) is -1.43. The van der Waals surface area contributed by atoms with Crippen molar-refractivity contribution >= 4 is 22.5 Å². The number of Topliss-reactive ketones (excluding diaryl/α,β-unsaturated/α-hetero) is 1. The monoisotopic (exact) mass is 447 g/mol. The number of hydrogen-bond acceptors (Lipinski definition) is 7. The normalized spacial score (nSPS) is 22.6. The van der Waals surface area contributed by atoms with Gasteiger partial charge in [-0.1, -0.05) is 0 Å². The summed E-state index contributed by atoms with van der Waals surface area (Å²) in [6.45, 7) is 2.78. The van der Waals surface area contributed by atoms with Crippen LogP contribution in [0.2, 0.25) is 0 Å². The Bertz CT molecular complexity index is 1020. The molecule has 0 saturated carbocycles. The van der Waals surface area contributed by atoms with E-state index in [1.807, 2.05) is 11.0 Å². The van der Waals surface area contributed by atoms with Gasteiger partial charge in [0.15, 0.2) is 0 Å². The highest BCUT2D eigenvalue weighted by Crippen LogP contribution is 2.39. The van der Waals surface area contributed by atoms with Gasteiger partial charge in [0.1, 0.15) is 22.9 Å². The quantitative estimate of drug-likeness (QED) is 0.697. The van der Waals surface area contributed by atoms with Crippen molar-refractivity contribution in [1.29, 1.82) is 5.26 Å². The highest BCUT2D eigenvalue weighted by atomic mass is 19.4. The maximum atomic E-state index is 13.7. The Hall–Kier alpha value is -2.77. The van der Waals surface area contributed by atoms with Crippen LogP contribution in [-0.2, 0) is 9.53 Å². The number of morpholine rings is 1. The summed E-state index contributed by atoms with van der Waals surface area (Å²) in [4.78, 5) is 24.8. The molecule has 0 amide bonds. The number of rotatable bonds is 5. The number of carbonyl (C=O) groups is 1. The first-order valence-electron chi connectivity index (χ1n) is 10.6. The Morgan fingerprint density at radius 2 is 1.88 bits per heavy atom. The molecule has 0 bridgehead atoms. The lowest BCUT2D eigenvalue weighted by Crippen LogP contribution is -2.47. The number of ether oxygens (including phenoxy) is 1. The van der Waals surface area contributed by atoms with Crippen molar-refractivity contribution in [1.82, 2.24) is 14.9 Å². The van der Waals surface area contributed by atoms with Gasteiger partial charge in [0.2, 0.25) is 0 Å². The Kier molecular flexibility index (Phi) is 6.58. The summed E-state index contributed by atoms with van der Waals surface area (Å²) in [6, 6.07) is 5.23. The van der Waals surface area contributed by atoms with Crippen LogP contribution in [0.3, 0.4) is 0 Å². The molecule has 0 aliphatic carbocycles. The average Bonchev–Trinajstić information content (AvgIpc) is 2.78. The van der Waals surface area contributed by atoms with E-state index in [2.05, 4.69) is 9.97 Å². The fourth-order valence-electron chi connectivity index (χ4n) is 4.57. The number of aromatic nitrogens is 2. The minimum absolute atomic E-state index is 0.0517. The maximum Gasteiger partial charge on any atom is 0.393 e. The molecule has 0 N–H and O–H groups in total. The Morgan fingerprint density at radius 1 is 1.16 bits per heavy atom. The van der Waals surface area contributed by atoms with Crippen molar-refractivity contribution in [3.63, 3.8) is 0 Å². The van der Waals surface area contributed by atoms with Gasteiger partial charge in [-0.05, 0) is 24.5 Å². The van der Waals surface area contributed by atoms with Gasteiger partial charge in [-0.3, -0.25) is 19.7 Å². The van der Waals surface area contributed by atoms with Crippen molar-refractivity contribution in [3.05, 3.63) is 30.1 Å². The molecule has 0 radical (unpaired) electrons. The van der Waals surface area contributed by atoms with E-state index in [1.165, 1.54) is 12.4 Å². The lowest BCUT2D eigenvalue weighted by atomic mass is 9.85. The van der Waals surface area contributed by atoms with Crippen LogP contribution >= 0.6 is 0 Å². The molecule has 2 fully saturated rings. The summed E-state index contributed by atoms with van der Waals surface area (Å²) in [5.41, 5.74) is 1.58. The van der Waals surface area contributed by atoms with Gasteiger partial charge in [0, 0.05) is 45.0 Å². The number of piperidine rings is 1. The number of alkyl halides is 3. The summed E-state index contributed by atoms with van der Waals surface area (Å²) in [5.74, 6) is -2.02. The SMILES string of the molecule is N#Cc1ccc(N2CC(CC(=O)CN3CCOCC3)CC(C(F)(F)F)C2)c2nccnc12. The van der Waals surface area contributed by atoms with E-state index in [1.54, 1.807) is 17.0 Å². The fourth-order valence-corrected chi connectivity index (χ4v) is 4.57. The first-order chi connectivity index (χ1) is 15.3. The number of ketones is 1. The van der Waals surface area contributed by atoms with E-state index in [9.17, 15) is 23.2 Å². The third kappa shape index (κ3) is 5.00. The van der Waals surface area contributed by atoms with Crippen LogP contribution in [0.5, 0.6) is 0 Å². The summed E-state index contributed by atoms with van der Waals surface area (Å²) < 4.78 is 46.5. The highest BCUT2D eigenvalue weighted by molar-refractivity contribution is 5.92. The van der Waals surface area contributed by atoms with Crippen LogP contribution in [0.4, 0.5) is 18.9 Å². The molecule has 3 heterocycles. The number of benzene rings is 1. The Balaban J connectivity index is 1.56. The van der Waals surface area contributed by atoms with Crippen LogP contribution in [0, 0.1) is 23.2 Å². The zero-order valence-electron chi connectivity index (χ0n) is 17.5. The average molecular weight is 447 g/mol. The molecule has 170 valence electrons. The minimum Gasteiger partial charge on any atom is -0.379 e. The van der Waals surface area contributed by atoms with Gasteiger partial charge >= 0.3 is 6.18 Å². The van der Waals surface area contributed by atoms with Crippen molar-refractivity contribution in [2.45, 2.75) is 19.0 Å². The lowest BCUT2D eigenvalue weighted by Gasteiger charge is -2.40. The lowest BCUT2D eigenvalue weighted by molar-refractivity contribution is -0.179. The molecule has 2 aliphatic heterocycles. The van der Waals surface area contributed by atoms with Crippen LogP contribution in [-0.4, -0.2) is 72.8 Å². The Labute approximate surface area is 183 Å². The molecule has 1 aromatic carbocycles. The number of hydrogen-bond donors (Lipinski definition) is 0. The van der Waals surface area contributed by atoms with E-state index in [4.69, 9.17) is 4.74 Å². The van der Waals surface area contributed by atoms with Crippen molar-refractivity contribution in [2.75, 3.05) is 50.8 Å². The number of anilines is 1. The maximum absolute atomic E-state index is 13.7. The van der Waals surface area contributed by atoms with E-state index in [0.717, 1.165) is 0 Å². The fraction of sp³-hybridized carbons (Fsp3) is 0.545. The van der Waals surface area contributed by atoms with E-state index < -0.39 is 18.0 Å². The number of nitrogens with zero attached hydrogens (tertiary/aromatic N) is 5. The van der Waals surface area contributed by atoms with Gasteiger partial charge in [0.25, 0.3) is 0 Å². The smallest absolute Gasteiger partial charge is 0.379 e.